The lowest BCUT2D eigenvalue weighted by Crippen LogP contribution is -2.06. The molecule has 0 radical (unpaired) electrons. The van der Waals surface area contributed by atoms with Gasteiger partial charge in [0.05, 0.1) is 19.1 Å². The Morgan fingerprint density at radius 2 is 1.74 bits per heavy atom. The van der Waals surface area contributed by atoms with Gasteiger partial charge < -0.3 is 15.2 Å². The van der Waals surface area contributed by atoms with Crippen LogP contribution in [0, 0.1) is 0 Å². The highest BCUT2D eigenvalue weighted by Gasteiger charge is 2.16. The maximum absolute atomic E-state index is 5.62. The Morgan fingerprint density at radius 1 is 1.11 bits per heavy atom. The summed E-state index contributed by atoms with van der Waals surface area (Å²) in [7, 11) is 6.91. The maximum atomic E-state index is 5.62. The number of nitrogens with two attached hydrogens (primary N) is 1. The van der Waals surface area contributed by atoms with Crippen LogP contribution in [0.2, 0.25) is 0 Å². The zero-order chi connectivity index (χ0) is 14.5. The Kier molecular flexibility index (Phi) is 6.36. The van der Waals surface area contributed by atoms with Gasteiger partial charge in [0.15, 0.2) is 0 Å². The van der Waals surface area contributed by atoms with Crippen molar-refractivity contribution in [3.05, 3.63) is 17.7 Å². The van der Waals surface area contributed by atoms with Gasteiger partial charge in [0.2, 0.25) is 0 Å². The number of ether oxygens (including phenoxy) is 2. The smallest absolute Gasteiger partial charge is 0.133 e. The second kappa shape index (κ2) is 7.31. The number of rotatable bonds is 6. The summed E-state index contributed by atoms with van der Waals surface area (Å²) in [5, 5.41) is 0. The molecule has 0 fully saturated rings. The molecule has 0 aromatic heterocycles. The predicted octanol–water partition coefficient (Wildman–Crippen LogP) is 3.74. The first-order valence-corrected chi connectivity index (χ1v) is 8.37. The Morgan fingerprint density at radius 3 is 2.21 bits per heavy atom. The van der Waals surface area contributed by atoms with Crippen LogP contribution in [0.5, 0.6) is 11.5 Å². The highest BCUT2D eigenvalue weighted by Crippen LogP contribution is 2.46. The number of methoxy groups -OCH3 is 2. The molecule has 3 nitrogen and oxygen atoms in total. The molecule has 0 atom stereocenters. The van der Waals surface area contributed by atoms with Crippen LogP contribution in [-0.4, -0.2) is 25.5 Å². The van der Waals surface area contributed by atoms with E-state index in [1.807, 2.05) is 22.9 Å². The number of hydrogen-bond donors (Lipinski definition) is 1. The summed E-state index contributed by atoms with van der Waals surface area (Å²) in [5.74, 6) is 1.76. The monoisotopic (exact) mass is 301 g/mol. The summed E-state index contributed by atoms with van der Waals surface area (Å²) in [5.41, 5.74) is 6.71. The molecular weight excluding hydrogens is 278 g/mol. The van der Waals surface area contributed by atoms with Gasteiger partial charge in [-0.2, -0.15) is 0 Å². The molecular formula is C14H23NO2S2. The van der Waals surface area contributed by atoms with Crippen LogP contribution in [0.3, 0.4) is 0 Å². The third-order valence-electron chi connectivity index (χ3n) is 2.36. The zero-order valence-corrected chi connectivity index (χ0v) is 13.9. The third kappa shape index (κ3) is 5.16. The third-order valence-corrected chi connectivity index (χ3v) is 5.73. The summed E-state index contributed by atoms with van der Waals surface area (Å²) in [4.78, 5) is 1.08. The van der Waals surface area contributed by atoms with E-state index in [2.05, 4.69) is 20.8 Å². The van der Waals surface area contributed by atoms with E-state index in [4.69, 9.17) is 15.2 Å². The van der Waals surface area contributed by atoms with Crippen molar-refractivity contribution < 1.29 is 9.47 Å². The fraction of sp³-hybridized carbons (Fsp3) is 0.571. The van der Waals surface area contributed by atoms with Gasteiger partial charge in [-0.1, -0.05) is 42.4 Å². The first-order valence-electron chi connectivity index (χ1n) is 6.22. The van der Waals surface area contributed by atoms with Crippen molar-refractivity contribution in [3.63, 3.8) is 0 Å². The van der Waals surface area contributed by atoms with Crippen LogP contribution in [0.15, 0.2) is 17.0 Å². The SMILES string of the molecule is COc1cc(SSC(C)(C)C)c(OC)cc1CCN. The maximum Gasteiger partial charge on any atom is 0.133 e. The molecule has 2 N–H and O–H groups in total. The van der Waals surface area contributed by atoms with E-state index in [1.54, 1.807) is 25.0 Å². The summed E-state index contributed by atoms with van der Waals surface area (Å²) in [6.07, 6.45) is 0.789. The van der Waals surface area contributed by atoms with Gasteiger partial charge in [-0.25, -0.2) is 0 Å². The van der Waals surface area contributed by atoms with E-state index in [1.165, 1.54) is 0 Å². The summed E-state index contributed by atoms with van der Waals surface area (Å²) >= 11 is 0. The van der Waals surface area contributed by atoms with E-state index in [-0.39, 0.29) is 4.75 Å². The lowest BCUT2D eigenvalue weighted by Gasteiger charge is -2.19. The van der Waals surface area contributed by atoms with Crippen molar-refractivity contribution in [3.8, 4) is 11.5 Å². The topological polar surface area (TPSA) is 44.5 Å². The van der Waals surface area contributed by atoms with Gasteiger partial charge in [-0.3, -0.25) is 0 Å². The molecule has 1 aromatic rings. The second-order valence-electron chi connectivity index (χ2n) is 5.13. The molecule has 0 unspecified atom stereocenters. The fourth-order valence-electron chi connectivity index (χ4n) is 1.52. The predicted molar refractivity (Wildman–Crippen MR) is 85.5 cm³/mol. The van der Waals surface area contributed by atoms with Crippen LogP contribution in [-0.2, 0) is 6.42 Å². The highest BCUT2D eigenvalue weighted by atomic mass is 33.1. The highest BCUT2D eigenvalue weighted by molar-refractivity contribution is 8.77. The molecule has 1 rings (SSSR count). The van der Waals surface area contributed by atoms with E-state index in [0.717, 1.165) is 28.4 Å². The average molecular weight is 301 g/mol. The van der Waals surface area contributed by atoms with Gasteiger partial charge in [0.1, 0.15) is 11.5 Å². The Bertz CT molecular complexity index is 417. The van der Waals surface area contributed by atoms with Gasteiger partial charge in [-0.05, 0) is 30.7 Å². The number of benzene rings is 1. The summed E-state index contributed by atoms with van der Waals surface area (Å²) < 4.78 is 11.1. The van der Waals surface area contributed by atoms with Crippen LogP contribution in [0.25, 0.3) is 0 Å². The number of hydrogen-bond acceptors (Lipinski definition) is 5. The van der Waals surface area contributed by atoms with E-state index in [0.29, 0.717) is 6.54 Å². The lowest BCUT2D eigenvalue weighted by molar-refractivity contribution is 0.390. The molecule has 5 heteroatoms. The van der Waals surface area contributed by atoms with Gasteiger partial charge in [0.25, 0.3) is 0 Å². The Hall–Kier alpha value is -0.520. The minimum absolute atomic E-state index is 0.193. The minimum Gasteiger partial charge on any atom is -0.496 e. The quantitative estimate of drug-likeness (QED) is 0.811. The van der Waals surface area contributed by atoms with Crippen LogP contribution in [0.1, 0.15) is 26.3 Å². The van der Waals surface area contributed by atoms with Gasteiger partial charge in [-0.15, -0.1) is 0 Å². The zero-order valence-electron chi connectivity index (χ0n) is 12.3. The molecule has 0 aliphatic carbocycles. The lowest BCUT2D eigenvalue weighted by atomic mass is 10.1. The normalized spacial score (nSPS) is 11.5. The summed E-state index contributed by atoms with van der Waals surface area (Å²) in [6.45, 7) is 7.17. The molecule has 0 spiro atoms. The fourth-order valence-corrected chi connectivity index (χ4v) is 3.65. The van der Waals surface area contributed by atoms with Crippen LogP contribution in [0.4, 0.5) is 0 Å². The molecule has 108 valence electrons. The summed E-state index contributed by atoms with van der Waals surface area (Å²) in [6, 6.07) is 4.06. The van der Waals surface area contributed by atoms with Crippen LogP contribution < -0.4 is 15.2 Å². The molecule has 0 bridgehead atoms. The van der Waals surface area contributed by atoms with Crippen molar-refractivity contribution in [1.29, 1.82) is 0 Å². The largest absolute Gasteiger partial charge is 0.496 e. The average Bonchev–Trinajstić information content (AvgIpc) is 2.36. The standard InChI is InChI=1S/C14H23NO2S2/c1-14(2,3)19-18-13-9-11(16-4)10(6-7-15)8-12(13)17-5/h8-9H,6-7,15H2,1-5H3. The van der Waals surface area contributed by atoms with Crippen LogP contribution >= 0.6 is 21.6 Å². The Balaban J connectivity index is 3.02. The van der Waals surface area contributed by atoms with E-state index in [9.17, 15) is 0 Å². The molecule has 0 aliphatic rings. The molecule has 1 aromatic carbocycles. The second-order valence-corrected chi connectivity index (χ2v) is 8.13. The molecule has 0 saturated carbocycles. The first-order chi connectivity index (χ1) is 8.91. The van der Waals surface area contributed by atoms with Crippen molar-refractivity contribution in [1.82, 2.24) is 0 Å². The molecule has 19 heavy (non-hydrogen) atoms. The van der Waals surface area contributed by atoms with E-state index < -0.39 is 0 Å². The molecule has 0 amide bonds. The minimum atomic E-state index is 0.193. The molecule has 0 heterocycles. The van der Waals surface area contributed by atoms with Gasteiger partial charge in [0, 0.05) is 4.75 Å². The van der Waals surface area contributed by atoms with E-state index >= 15 is 0 Å². The van der Waals surface area contributed by atoms with Crippen molar-refractivity contribution >= 4 is 21.6 Å². The van der Waals surface area contributed by atoms with Crippen molar-refractivity contribution in [2.75, 3.05) is 20.8 Å². The first kappa shape index (κ1) is 16.5. The molecule has 0 aliphatic heterocycles. The molecule has 0 saturated heterocycles. The van der Waals surface area contributed by atoms with Crippen molar-refractivity contribution in [2.24, 2.45) is 5.73 Å². The van der Waals surface area contributed by atoms with Gasteiger partial charge >= 0.3 is 0 Å². The van der Waals surface area contributed by atoms with Crippen molar-refractivity contribution in [2.45, 2.75) is 36.8 Å². The Labute approximate surface area is 124 Å².